The van der Waals surface area contributed by atoms with Crippen molar-refractivity contribution < 1.29 is 24.5 Å². The van der Waals surface area contributed by atoms with Gasteiger partial charge in [-0.25, -0.2) is 4.79 Å². The Morgan fingerprint density at radius 3 is 2.57 bits per heavy atom. The van der Waals surface area contributed by atoms with Crippen molar-refractivity contribution in [2.75, 3.05) is 13.2 Å². The van der Waals surface area contributed by atoms with Crippen molar-refractivity contribution in [3.05, 3.63) is 0 Å². The SMILES string of the molecule is CC(O)C(C)OC1(C(=O)O)CCOC1. The molecule has 0 aromatic carbocycles. The summed E-state index contributed by atoms with van der Waals surface area (Å²) >= 11 is 0. The van der Waals surface area contributed by atoms with Crippen LogP contribution in [0.25, 0.3) is 0 Å². The number of rotatable bonds is 4. The van der Waals surface area contributed by atoms with E-state index in [0.29, 0.717) is 13.0 Å². The predicted octanol–water partition coefficient (Wildman–Crippen LogP) is 0.0160. The molecule has 0 aromatic rings. The van der Waals surface area contributed by atoms with E-state index in [2.05, 4.69) is 0 Å². The quantitative estimate of drug-likeness (QED) is 0.675. The third-order valence-electron chi connectivity index (χ3n) is 2.47. The molecule has 0 aromatic heterocycles. The minimum absolute atomic E-state index is 0.0550. The van der Waals surface area contributed by atoms with Crippen molar-refractivity contribution in [3.8, 4) is 0 Å². The van der Waals surface area contributed by atoms with Crippen LogP contribution in [0.5, 0.6) is 0 Å². The topological polar surface area (TPSA) is 76.0 Å². The number of hydrogen-bond donors (Lipinski definition) is 2. The Morgan fingerprint density at radius 1 is 1.57 bits per heavy atom. The molecule has 3 unspecified atom stereocenters. The first kappa shape index (κ1) is 11.4. The van der Waals surface area contributed by atoms with Gasteiger partial charge in [-0.15, -0.1) is 0 Å². The molecule has 2 N–H and O–H groups in total. The van der Waals surface area contributed by atoms with Crippen molar-refractivity contribution >= 4 is 5.97 Å². The van der Waals surface area contributed by atoms with E-state index in [-0.39, 0.29) is 6.61 Å². The largest absolute Gasteiger partial charge is 0.479 e. The molecule has 0 radical (unpaired) electrons. The summed E-state index contributed by atoms with van der Waals surface area (Å²) in [5.41, 5.74) is -1.27. The van der Waals surface area contributed by atoms with Crippen molar-refractivity contribution in [3.63, 3.8) is 0 Å². The normalized spacial score (nSPS) is 31.4. The minimum atomic E-state index is -1.27. The monoisotopic (exact) mass is 204 g/mol. The molecule has 1 aliphatic heterocycles. The van der Waals surface area contributed by atoms with Crippen LogP contribution in [0.3, 0.4) is 0 Å². The van der Waals surface area contributed by atoms with Crippen molar-refractivity contribution in [1.82, 2.24) is 0 Å². The standard InChI is InChI=1S/C9H16O5/c1-6(10)7(2)14-9(8(11)12)3-4-13-5-9/h6-7,10H,3-5H2,1-2H3,(H,11,12). The molecule has 5 heteroatoms. The molecule has 5 nitrogen and oxygen atoms in total. The van der Waals surface area contributed by atoms with Gasteiger partial charge in [-0.2, -0.15) is 0 Å². The van der Waals surface area contributed by atoms with Gasteiger partial charge in [0, 0.05) is 6.42 Å². The van der Waals surface area contributed by atoms with Crippen LogP contribution in [0.15, 0.2) is 0 Å². The lowest BCUT2D eigenvalue weighted by atomic mass is 10.0. The number of carbonyl (C=O) groups is 1. The van der Waals surface area contributed by atoms with E-state index in [1.165, 1.54) is 0 Å². The zero-order valence-electron chi connectivity index (χ0n) is 8.40. The van der Waals surface area contributed by atoms with Gasteiger partial charge in [-0.1, -0.05) is 0 Å². The number of carboxylic acid groups (broad SMARTS) is 1. The Kier molecular flexibility index (Phi) is 3.47. The summed E-state index contributed by atoms with van der Waals surface area (Å²) in [7, 11) is 0. The third-order valence-corrected chi connectivity index (χ3v) is 2.47. The number of carboxylic acids is 1. The first-order valence-electron chi connectivity index (χ1n) is 4.65. The number of hydrogen-bond acceptors (Lipinski definition) is 4. The molecule has 0 saturated carbocycles. The molecule has 1 fully saturated rings. The second-order valence-corrected chi connectivity index (χ2v) is 3.67. The second-order valence-electron chi connectivity index (χ2n) is 3.67. The smallest absolute Gasteiger partial charge is 0.338 e. The molecular formula is C9H16O5. The molecule has 0 amide bonds. The molecule has 1 heterocycles. The van der Waals surface area contributed by atoms with Crippen molar-refractivity contribution in [2.24, 2.45) is 0 Å². The van der Waals surface area contributed by atoms with Crippen LogP contribution in [-0.4, -0.2) is 47.2 Å². The Balaban J connectivity index is 2.65. The Morgan fingerprint density at radius 2 is 2.21 bits per heavy atom. The van der Waals surface area contributed by atoms with E-state index in [1.807, 2.05) is 0 Å². The van der Waals surface area contributed by atoms with Crippen molar-refractivity contribution in [2.45, 2.75) is 38.1 Å². The fourth-order valence-electron chi connectivity index (χ4n) is 1.31. The van der Waals surface area contributed by atoms with Gasteiger partial charge in [0.15, 0.2) is 5.60 Å². The van der Waals surface area contributed by atoms with Crippen LogP contribution in [0.4, 0.5) is 0 Å². The molecule has 1 aliphatic rings. The zero-order chi connectivity index (χ0) is 10.8. The van der Waals surface area contributed by atoms with Crippen LogP contribution in [-0.2, 0) is 14.3 Å². The summed E-state index contributed by atoms with van der Waals surface area (Å²) in [6.45, 7) is 3.65. The van der Waals surface area contributed by atoms with E-state index in [0.717, 1.165) is 0 Å². The number of aliphatic carboxylic acids is 1. The number of aliphatic hydroxyl groups excluding tert-OH is 1. The van der Waals surface area contributed by atoms with Crippen LogP contribution in [0.2, 0.25) is 0 Å². The maximum absolute atomic E-state index is 11.0. The molecule has 3 atom stereocenters. The highest BCUT2D eigenvalue weighted by Gasteiger charge is 2.45. The van der Waals surface area contributed by atoms with Crippen LogP contribution < -0.4 is 0 Å². The lowest BCUT2D eigenvalue weighted by Gasteiger charge is -2.28. The second kappa shape index (κ2) is 4.25. The summed E-state index contributed by atoms with van der Waals surface area (Å²) in [6, 6.07) is 0. The van der Waals surface area contributed by atoms with Gasteiger partial charge in [-0.05, 0) is 13.8 Å². The molecule has 0 aliphatic carbocycles. The highest BCUT2D eigenvalue weighted by molar-refractivity contribution is 5.78. The van der Waals surface area contributed by atoms with E-state index < -0.39 is 23.8 Å². The third kappa shape index (κ3) is 2.23. The van der Waals surface area contributed by atoms with Crippen LogP contribution >= 0.6 is 0 Å². The highest BCUT2D eigenvalue weighted by atomic mass is 16.6. The fourth-order valence-corrected chi connectivity index (χ4v) is 1.31. The van der Waals surface area contributed by atoms with E-state index in [1.54, 1.807) is 13.8 Å². The predicted molar refractivity (Wildman–Crippen MR) is 48.0 cm³/mol. The first-order chi connectivity index (χ1) is 6.48. The van der Waals surface area contributed by atoms with Crippen LogP contribution in [0.1, 0.15) is 20.3 Å². The average Bonchev–Trinajstić information content (AvgIpc) is 2.53. The van der Waals surface area contributed by atoms with Gasteiger partial charge in [0.1, 0.15) is 0 Å². The Hall–Kier alpha value is -0.650. The lowest BCUT2D eigenvalue weighted by molar-refractivity contribution is -0.179. The average molecular weight is 204 g/mol. The van der Waals surface area contributed by atoms with Gasteiger partial charge in [-0.3, -0.25) is 0 Å². The van der Waals surface area contributed by atoms with E-state index in [4.69, 9.17) is 14.6 Å². The highest BCUT2D eigenvalue weighted by Crippen LogP contribution is 2.26. The summed E-state index contributed by atoms with van der Waals surface area (Å²) < 4.78 is 10.4. The van der Waals surface area contributed by atoms with Gasteiger partial charge < -0.3 is 19.7 Å². The lowest BCUT2D eigenvalue weighted by Crippen LogP contribution is -2.46. The zero-order valence-corrected chi connectivity index (χ0v) is 8.40. The van der Waals surface area contributed by atoms with E-state index >= 15 is 0 Å². The molecular weight excluding hydrogens is 188 g/mol. The number of ether oxygens (including phenoxy) is 2. The summed E-state index contributed by atoms with van der Waals surface area (Å²) in [5, 5.41) is 18.2. The molecule has 1 rings (SSSR count). The maximum Gasteiger partial charge on any atom is 0.338 e. The molecule has 0 bridgehead atoms. The minimum Gasteiger partial charge on any atom is -0.479 e. The van der Waals surface area contributed by atoms with Gasteiger partial charge >= 0.3 is 5.97 Å². The summed E-state index contributed by atoms with van der Waals surface area (Å²) in [6.07, 6.45) is -0.862. The molecule has 0 spiro atoms. The summed E-state index contributed by atoms with van der Waals surface area (Å²) in [4.78, 5) is 11.0. The Bertz CT molecular complexity index is 207. The molecule has 82 valence electrons. The maximum atomic E-state index is 11.0. The van der Waals surface area contributed by atoms with Crippen molar-refractivity contribution in [1.29, 1.82) is 0 Å². The van der Waals surface area contributed by atoms with E-state index in [9.17, 15) is 9.90 Å². The summed E-state index contributed by atoms with van der Waals surface area (Å²) in [5.74, 6) is -1.03. The van der Waals surface area contributed by atoms with Gasteiger partial charge in [0.25, 0.3) is 0 Å². The van der Waals surface area contributed by atoms with Gasteiger partial charge in [0.05, 0.1) is 25.4 Å². The van der Waals surface area contributed by atoms with Gasteiger partial charge in [0.2, 0.25) is 0 Å². The number of aliphatic hydroxyl groups is 1. The molecule has 1 saturated heterocycles. The fraction of sp³-hybridized carbons (Fsp3) is 0.889. The molecule has 14 heavy (non-hydrogen) atoms. The Labute approximate surface area is 82.6 Å². The first-order valence-corrected chi connectivity index (χ1v) is 4.65. The van der Waals surface area contributed by atoms with Crippen LogP contribution in [0, 0.1) is 0 Å².